The zero-order valence-corrected chi connectivity index (χ0v) is 14.6. The van der Waals surface area contributed by atoms with Gasteiger partial charge in [0.15, 0.2) is 0 Å². The number of nitro groups is 1. The van der Waals surface area contributed by atoms with Crippen molar-refractivity contribution in [3.63, 3.8) is 0 Å². The van der Waals surface area contributed by atoms with Crippen molar-refractivity contribution in [2.45, 2.75) is 32.2 Å². The highest BCUT2D eigenvalue weighted by Crippen LogP contribution is 2.24. The molecule has 1 heterocycles. The van der Waals surface area contributed by atoms with E-state index in [-0.39, 0.29) is 17.6 Å². The van der Waals surface area contributed by atoms with Gasteiger partial charge in [0.25, 0.3) is 11.6 Å². The Hall–Kier alpha value is -2.15. The van der Waals surface area contributed by atoms with E-state index in [1.54, 1.807) is 11.0 Å². The zero-order valence-electron chi connectivity index (χ0n) is 14.6. The van der Waals surface area contributed by atoms with E-state index < -0.39 is 4.92 Å². The number of likely N-dealkylation sites (tertiary alicyclic amines) is 1. The SMILES string of the molecule is CC(CCN1CCCC1)NC(=O)c1cc([N+](=O)[O-])ccc1N(C)C. The molecule has 0 aromatic heterocycles. The van der Waals surface area contributed by atoms with Crippen molar-refractivity contribution < 1.29 is 9.72 Å². The fraction of sp³-hybridized carbons (Fsp3) is 0.588. The van der Waals surface area contributed by atoms with Crippen LogP contribution < -0.4 is 10.2 Å². The molecule has 1 amide bonds. The molecule has 1 aromatic rings. The van der Waals surface area contributed by atoms with E-state index in [9.17, 15) is 14.9 Å². The molecular weight excluding hydrogens is 308 g/mol. The van der Waals surface area contributed by atoms with E-state index in [0.717, 1.165) is 26.1 Å². The number of rotatable bonds is 7. The summed E-state index contributed by atoms with van der Waals surface area (Å²) in [5.41, 5.74) is 0.933. The van der Waals surface area contributed by atoms with Crippen molar-refractivity contribution >= 4 is 17.3 Å². The highest BCUT2D eigenvalue weighted by atomic mass is 16.6. The second kappa shape index (κ2) is 8.10. The second-order valence-corrected chi connectivity index (χ2v) is 6.56. The predicted molar refractivity (Wildman–Crippen MR) is 94.6 cm³/mol. The van der Waals surface area contributed by atoms with Crippen LogP contribution in [0, 0.1) is 10.1 Å². The number of nitrogens with zero attached hydrogens (tertiary/aromatic N) is 3. The monoisotopic (exact) mass is 334 g/mol. The predicted octanol–water partition coefficient (Wildman–Crippen LogP) is 2.26. The Labute approximate surface area is 142 Å². The van der Waals surface area contributed by atoms with Gasteiger partial charge >= 0.3 is 0 Å². The average Bonchev–Trinajstić information content (AvgIpc) is 3.05. The Morgan fingerprint density at radius 3 is 2.62 bits per heavy atom. The summed E-state index contributed by atoms with van der Waals surface area (Å²) >= 11 is 0. The van der Waals surface area contributed by atoms with Gasteiger partial charge in [0.1, 0.15) is 0 Å². The standard InChI is InChI=1S/C17H26N4O3/c1-13(8-11-20-9-4-5-10-20)18-17(22)15-12-14(21(23)24)6-7-16(15)19(2)3/h6-7,12-13H,4-5,8-11H2,1-3H3,(H,18,22). The maximum absolute atomic E-state index is 12.6. The van der Waals surface area contributed by atoms with E-state index in [1.807, 2.05) is 21.0 Å². The van der Waals surface area contributed by atoms with Gasteiger partial charge in [0, 0.05) is 44.5 Å². The van der Waals surface area contributed by atoms with Crippen LogP contribution in [0.4, 0.5) is 11.4 Å². The first kappa shape index (κ1) is 18.2. The van der Waals surface area contributed by atoms with E-state index >= 15 is 0 Å². The van der Waals surface area contributed by atoms with Crippen LogP contribution in [0.15, 0.2) is 18.2 Å². The Bertz CT molecular complexity index is 597. The molecule has 1 atom stereocenters. The molecule has 0 radical (unpaired) electrons. The minimum atomic E-state index is -0.479. The van der Waals surface area contributed by atoms with Gasteiger partial charge in [-0.3, -0.25) is 14.9 Å². The van der Waals surface area contributed by atoms with Crippen molar-refractivity contribution in [2.75, 3.05) is 38.6 Å². The molecule has 0 bridgehead atoms. The Morgan fingerprint density at radius 2 is 2.04 bits per heavy atom. The topological polar surface area (TPSA) is 78.7 Å². The molecule has 7 heteroatoms. The number of carbonyl (C=O) groups is 1. The highest BCUT2D eigenvalue weighted by Gasteiger charge is 2.20. The lowest BCUT2D eigenvalue weighted by molar-refractivity contribution is -0.384. The summed E-state index contributed by atoms with van der Waals surface area (Å²) in [5.74, 6) is -0.267. The van der Waals surface area contributed by atoms with Crippen LogP contribution in [0.3, 0.4) is 0 Å². The lowest BCUT2D eigenvalue weighted by Crippen LogP contribution is -2.36. The number of nitrogens with one attached hydrogen (secondary N) is 1. The molecular formula is C17H26N4O3. The van der Waals surface area contributed by atoms with Crippen LogP contribution in [0.2, 0.25) is 0 Å². The number of amides is 1. The van der Waals surface area contributed by atoms with E-state index in [2.05, 4.69) is 10.2 Å². The normalized spacial score (nSPS) is 16.0. The summed E-state index contributed by atoms with van der Waals surface area (Å²) in [5, 5.41) is 14.0. The van der Waals surface area contributed by atoms with Gasteiger partial charge < -0.3 is 15.1 Å². The van der Waals surface area contributed by atoms with Gasteiger partial charge in [-0.05, 0) is 45.3 Å². The van der Waals surface area contributed by atoms with Gasteiger partial charge in [0.2, 0.25) is 0 Å². The first-order valence-corrected chi connectivity index (χ1v) is 8.37. The van der Waals surface area contributed by atoms with Crippen molar-refractivity contribution in [3.8, 4) is 0 Å². The largest absolute Gasteiger partial charge is 0.377 e. The number of carbonyl (C=O) groups excluding carboxylic acids is 1. The quantitative estimate of drug-likeness (QED) is 0.611. The third-order valence-electron chi connectivity index (χ3n) is 4.37. The lowest BCUT2D eigenvalue weighted by atomic mass is 10.1. The molecule has 0 spiro atoms. The molecule has 1 N–H and O–H groups in total. The first-order valence-electron chi connectivity index (χ1n) is 8.37. The third-order valence-corrected chi connectivity index (χ3v) is 4.37. The molecule has 7 nitrogen and oxygen atoms in total. The summed E-state index contributed by atoms with van der Waals surface area (Å²) in [7, 11) is 3.63. The second-order valence-electron chi connectivity index (χ2n) is 6.56. The Kier molecular flexibility index (Phi) is 6.14. The minimum absolute atomic E-state index is 0.0207. The fourth-order valence-electron chi connectivity index (χ4n) is 2.97. The molecule has 2 rings (SSSR count). The third kappa shape index (κ3) is 4.67. The summed E-state index contributed by atoms with van der Waals surface area (Å²) in [6, 6.07) is 4.40. The minimum Gasteiger partial charge on any atom is -0.377 e. The number of nitro benzene ring substituents is 1. The van der Waals surface area contributed by atoms with Gasteiger partial charge in [-0.25, -0.2) is 0 Å². The molecule has 1 aliphatic heterocycles. The number of non-ortho nitro benzene ring substituents is 1. The van der Waals surface area contributed by atoms with Crippen molar-refractivity contribution in [3.05, 3.63) is 33.9 Å². The molecule has 0 saturated carbocycles. The summed E-state index contributed by atoms with van der Waals surface area (Å²) in [4.78, 5) is 27.3. The molecule has 1 unspecified atom stereocenters. The lowest BCUT2D eigenvalue weighted by Gasteiger charge is -2.21. The van der Waals surface area contributed by atoms with Crippen molar-refractivity contribution in [1.29, 1.82) is 0 Å². The number of hydrogen-bond acceptors (Lipinski definition) is 5. The summed E-state index contributed by atoms with van der Waals surface area (Å²) in [6.45, 7) is 5.21. The van der Waals surface area contributed by atoms with Gasteiger partial charge in [-0.2, -0.15) is 0 Å². The first-order chi connectivity index (χ1) is 11.4. The van der Waals surface area contributed by atoms with Crippen LogP contribution in [0.1, 0.15) is 36.5 Å². The molecule has 1 fully saturated rings. The van der Waals surface area contributed by atoms with Gasteiger partial charge in [-0.15, -0.1) is 0 Å². The average molecular weight is 334 g/mol. The van der Waals surface area contributed by atoms with Crippen molar-refractivity contribution in [2.24, 2.45) is 0 Å². The smallest absolute Gasteiger partial charge is 0.270 e. The molecule has 0 aliphatic carbocycles. The number of benzene rings is 1. The Balaban J connectivity index is 2.03. The van der Waals surface area contributed by atoms with Crippen LogP contribution in [0.25, 0.3) is 0 Å². The molecule has 1 saturated heterocycles. The number of hydrogen-bond donors (Lipinski definition) is 1. The van der Waals surface area contributed by atoms with E-state index in [1.165, 1.54) is 25.0 Å². The summed E-state index contributed by atoms with van der Waals surface area (Å²) in [6.07, 6.45) is 3.37. The molecule has 132 valence electrons. The van der Waals surface area contributed by atoms with Gasteiger partial charge in [-0.1, -0.05) is 0 Å². The molecule has 24 heavy (non-hydrogen) atoms. The number of anilines is 1. The van der Waals surface area contributed by atoms with Crippen molar-refractivity contribution in [1.82, 2.24) is 10.2 Å². The maximum Gasteiger partial charge on any atom is 0.270 e. The van der Waals surface area contributed by atoms with E-state index in [0.29, 0.717) is 11.3 Å². The summed E-state index contributed by atoms with van der Waals surface area (Å²) < 4.78 is 0. The van der Waals surface area contributed by atoms with Gasteiger partial charge in [0.05, 0.1) is 10.5 Å². The Morgan fingerprint density at radius 1 is 1.38 bits per heavy atom. The van der Waals surface area contributed by atoms with Crippen LogP contribution in [-0.2, 0) is 0 Å². The maximum atomic E-state index is 12.6. The molecule has 1 aliphatic rings. The zero-order chi connectivity index (χ0) is 17.7. The highest BCUT2D eigenvalue weighted by molar-refractivity contribution is 6.00. The fourth-order valence-corrected chi connectivity index (χ4v) is 2.97. The van der Waals surface area contributed by atoms with Crippen LogP contribution in [0.5, 0.6) is 0 Å². The molecule has 1 aromatic carbocycles. The van der Waals surface area contributed by atoms with Crippen LogP contribution in [-0.4, -0.2) is 55.5 Å². The van der Waals surface area contributed by atoms with Crippen LogP contribution >= 0.6 is 0 Å². The van der Waals surface area contributed by atoms with E-state index in [4.69, 9.17) is 0 Å².